The van der Waals surface area contributed by atoms with Crippen LogP contribution in [0.4, 0.5) is 8.78 Å². The lowest BCUT2D eigenvalue weighted by Crippen LogP contribution is -2.39. The maximum Gasteiger partial charge on any atom is 0.375 e. The van der Waals surface area contributed by atoms with Gasteiger partial charge in [0, 0.05) is 11.9 Å². The summed E-state index contributed by atoms with van der Waals surface area (Å²) in [5.74, 6) is -5.85. The van der Waals surface area contributed by atoms with Gasteiger partial charge in [-0.05, 0) is 17.6 Å². The topological polar surface area (TPSA) is 62.2 Å². The first-order valence-electron chi connectivity index (χ1n) is 3.73. The maximum atomic E-state index is 12.5. The summed E-state index contributed by atoms with van der Waals surface area (Å²) in [5.41, 5.74) is 0.621. The van der Waals surface area contributed by atoms with Crippen LogP contribution in [0.2, 0.25) is 0 Å². The molecule has 0 aliphatic carbocycles. The van der Waals surface area contributed by atoms with Crippen LogP contribution in [-0.2, 0) is 11.3 Å². The van der Waals surface area contributed by atoms with Crippen LogP contribution >= 0.6 is 11.5 Å². The number of carboxylic acids is 1. The molecule has 0 aromatic carbocycles. The predicted octanol–water partition coefficient (Wildman–Crippen LogP) is 0.953. The highest BCUT2D eigenvalue weighted by Crippen LogP contribution is 2.11. The Morgan fingerprint density at radius 2 is 2.43 bits per heavy atom. The van der Waals surface area contributed by atoms with Crippen LogP contribution in [0.3, 0.4) is 0 Å². The second-order valence-electron chi connectivity index (χ2n) is 2.60. The molecule has 0 fully saturated rings. The van der Waals surface area contributed by atoms with E-state index in [1.807, 2.05) is 0 Å². The summed E-state index contributed by atoms with van der Waals surface area (Å²) >= 11 is 1.21. The van der Waals surface area contributed by atoms with Gasteiger partial charge in [-0.1, -0.05) is 0 Å². The first kappa shape index (κ1) is 11.0. The lowest BCUT2D eigenvalue weighted by molar-refractivity contribution is -0.164. The van der Waals surface area contributed by atoms with E-state index in [0.717, 1.165) is 0 Å². The number of hydrogen-bond acceptors (Lipinski definition) is 4. The summed E-state index contributed by atoms with van der Waals surface area (Å²) in [4.78, 5) is 10.0. The van der Waals surface area contributed by atoms with Crippen LogP contribution in [0, 0.1) is 0 Å². The summed E-state index contributed by atoms with van der Waals surface area (Å²) < 4.78 is 28.9. The van der Waals surface area contributed by atoms with Crippen molar-refractivity contribution in [3.05, 3.63) is 17.1 Å². The van der Waals surface area contributed by atoms with Crippen molar-refractivity contribution < 1.29 is 18.7 Å². The number of carboxylic acid groups (broad SMARTS) is 1. The lowest BCUT2D eigenvalue weighted by Gasteiger charge is -2.10. The van der Waals surface area contributed by atoms with Crippen molar-refractivity contribution in [2.75, 3.05) is 6.54 Å². The molecule has 0 saturated heterocycles. The highest BCUT2D eigenvalue weighted by Gasteiger charge is 2.38. The molecule has 0 saturated carbocycles. The van der Waals surface area contributed by atoms with Gasteiger partial charge in [0.15, 0.2) is 0 Å². The van der Waals surface area contributed by atoms with Crippen molar-refractivity contribution in [3.63, 3.8) is 0 Å². The van der Waals surface area contributed by atoms with Crippen LogP contribution in [0.1, 0.15) is 5.69 Å². The Morgan fingerprint density at radius 3 is 2.93 bits per heavy atom. The number of aromatic nitrogens is 1. The normalized spacial score (nSPS) is 11.6. The van der Waals surface area contributed by atoms with E-state index in [1.54, 1.807) is 11.4 Å². The number of rotatable bonds is 5. The van der Waals surface area contributed by atoms with Crippen LogP contribution in [0.25, 0.3) is 0 Å². The quantitative estimate of drug-likeness (QED) is 0.778. The molecule has 0 radical (unpaired) electrons. The fourth-order valence-electron chi connectivity index (χ4n) is 0.752. The molecule has 4 nitrogen and oxygen atoms in total. The monoisotopic (exact) mass is 222 g/mol. The fraction of sp³-hybridized carbons (Fsp3) is 0.429. The lowest BCUT2D eigenvalue weighted by atomic mass is 10.3. The molecule has 1 aromatic rings. The Hall–Kier alpha value is -1.08. The smallest absolute Gasteiger partial charge is 0.375 e. The van der Waals surface area contributed by atoms with E-state index in [-0.39, 0.29) is 6.54 Å². The summed E-state index contributed by atoms with van der Waals surface area (Å²) in [6.07, 6.45) is 0. The van der Waals surface area contributed by atoms with Crippen LogP contribution < -0.4 is 5.32 Å². The van der Waals surface area contributed by atoms with Crippen LogP contribution in [-0.4, -0.2) is 27.9 Å². The molecule has 1 rings (SSSR count). The number of hydrogen-bond donors (Lipinski definition) is 2. The van der Waals surface area contributed by atoms with Gasteiger partial charge in [-0.3, -0.25) is 0 Å². The van der Waals surface area contributed by atoms with Crippen molar-refractivity contribution >= 4 is 17.5 Å². The Kier molecular flexibility index (Phi) is 3.48. The Balaban J connectivity index is 2.31. The number of nitrogens with zero attached hydrogens (tertiary/aromatic N) is 1. The molecule has 0 amide bonds. The standard InChI is InChI=1S/C7H8F2N2O2S/c8-7(9,6(12)13)4-10-3-5-1-2-14-11-5/h1-2,10H,3-4H2,(H,12,13). The molecular formula is C7H8F2N2O2S. The molecular weight excluding hydrogens is 214 g/mol. The van der Waals surface area contributed by atoms with Crippen molar-refractivity contribution in [2.24, 2.45) is 0 Å². The zero-order chi connectivity index (χ0) is 10.6. The first-order valence-corrected chi connectivity index (χ1v) is 4.57. The number of carbonyl (C=O) groups is 1. The zero-order valence-electron chi connectivity index (χ0n) is 7.04. The van der Waals surface area contributed by atoms with E-state index in [9.17, 15) is 13.6 Å². The first-order chi connectivity index (χ1) is 6.52. The van der Waals surface area contributed by atoms with Gasteiger partial charge >= 0.3 is 11.9 Å². The van der Waals surface area contributed by atoms with E-state index in [2.05, 4.69) is 9.69 Å². The largest absolute Gasteiger partial charge is 0.477 e. The highest BCUT2D eigenvalue weighted by atomic mass is 32.1. The van der Waals surface area contributed by atoms with Gasteiger partial charge in [0.05, 0.1) is 12.2 Å². The third-order valence-corrected chi connectivity index (χ3v) is 2.05. The minimum atomic E-state index is -3.73. The molecule has 1 aromatic heterocycles. The van der Waals surface area contributed by atoms with Gasteiger partial charge in [-0.15, -0.1) is 0 Å². The molecule has 0 atom stereocenters. The Morgan fingerprint density at radius 1 is 1.71 bits per heavy atom. The number of aliphatic carboxylic acids is 1. The van der Waals surface area contributed by atoms with Gasteiger partial charge in [-0.2, -0.15) is 13.2 Å². The van der Waals surface area contributed by atoms with Gasteiger partial charge < -0.3 is 10.4 Å². The zero-order valence-corrected chi connectivity index (χ0v) is 7.85. The molecule has 0 aliphatic rings. The molecule has 1 heterocycles. The van der Waals surface area contributed by atoms with E-state index in [1.165, 1.54) is 11.5 Å². The summed E-state index contributed by atoms with van der Waals surface area (Å²) in [6.45, 7) is -0.744. The number of alkyl halides is 2. The average Bonchev–Trinajstić information content (AvgIpc) is 2.56. The molecule has 2 N–H and O–H groups in total. The van der Waals surface area contributed by atoms with E-state index in [0.29, 0.717) is 5.69 Å². The molecule has 0 unspecified atom stereocenters. The summed E-state index contributed by atoms with van der Waals surface area (Å²) in [7, 11) is 0. The fourth-order valence-corrected chi connectivity index (χ4v) is 1.29. The van der Waals surface area contributed by atoms with E-state index < -0.39 is 18.4 Å². The third-order valence-electron chi connectivity index (χ3n) is 1.46. The SMILES string of the molecule is O=C(O)C(F)(F)CNCc1ccsn1. The van der Waals surface area contributed by atoms with Crippen molar-refractivity contribution in [1.82, 2.24) is 9.69 Å². The molecule has 7 heteroatoms. The van der Waals surface area contributed by atoms with Gasteiger partial charge in [0.25, 0.3) is 0 Å². The van der Waals surface area contributed by atoms with Crippen molar-refractivity contribution in [1.29, 1.82) is 0 Å². The van der Waals surface area contributed by atoms with E-state index >= 15 is 0 Å². The minimum absolute atomic E-state index is 0.145. The highest BCUT2D eigenvalue weighted by molar-refractivity contribution is 7.03. The second-order valence-corrected chi connectivity index (χ2v) is 3.27. The summed E-state index contributed by atoms with van der Waals surface area (Å²) in [5, 5.41) is 12.1. The Labute approximate surface area is 82.7 Å². The maximum absolute atomic E-state index is 12.5. The van der Waals surface area contributed by atoms with Crippen LogP contribution in [0.15, 0.2) is 11.4 Å². The molecule has 78 valence electrons. The molecule has 0 bridgehead atoms. The summed E-state index contributed by atoms with van der Waals surface area (Å²) in [6, 6.07) is 1.68. The predicted molar refractivity (Wildman–Crippen MR) is 46.4 cm³/mol. The molecule has 0 spiro atoms. The number of halogens is 2. The minimum Gasteiger partial charge on any atom is -0.477 e. The van der Waals surface area contributed by atoms with E-state index in [4.69, 9.17) is 5.11 Å². The van der Waals surface area contributed by atoms with Gasteiger partial charge in [0.2, 0.25) is 0 Å². The van der Waals surface area contributed by atoms with Gasteiger partial charge in [-0.25, -0.2) is 4.79 Å². The van der Waals surface area contributed by atoms with Gasteiger partial charge in [0.1, 0.15) is 0 Å². The van der Waals surface area contributed by atoms with Crippen LogP contribution in [0.5, 0.6) is 0 Å². The third kappa shape index (κ3) is 3.00. The second kappa shape index (κ2) is 4.43. The van der Waals surface area contributed by atoms with Crippen molar-refractivity contribution in [2.45, 2.75) is 12.5 Å². The van der Waals surface area contributed by atoms with Crippen molar-refractivity contribution in [3.8, 4) is 0 Å². The molecule has 0 aliphatic heterocycles. The number of nitrogens with one attached hydrogen (secondary N) is 1. The average molecular weight is 222 g/mol. The molecule has 14 heavy (non-hydrogen) atoms. The Bertz CT molecular complexity index is 303.